The van der Waals surface area contributed by atoms with E-state index in [-0.39, 0.29) is 0 Å². The standard InChI is InChI=1S/C17H19NO/c1-2-19-17-8-4-3-7-15(17)14-10-9-13-6-5-11-18-16(13)12-14/h3-4,7-10,12,18H,2,5-6,11H2,1H3. The minimum atomic E-state index is 0.695. The second-order valence-electron chi connectivity index (χ2n) is 4.83. The summed E-state index contributed by atoms with van der Waals surface area (Å²) in [7, 11) is 0. The minimum Gasteiger partial charge on any atom is -0.493 e. The van der Waals surface area contributed by atoms with Gasteiger partial charge in [0, 0.05) is 17.8 Å². The molecule has 0 aromatic heterocycles. The predicted octanol–water partition coefficient (Wildman–Crippen LogP) is 4.11. The van der Waals surface area contributed by atoms with Crippen molar-refractivity contribution in [1.29, 1.82) is 0 Å². The summed E-state index contributed by atoms with van der Waals surface area (Å²) in [5, 5.41) is 3.48. The van der Waals surface area contributed by atoms with Gasteiger partial charge in [0.25, 0.3) is 0 Å². The Kier molecular flexibility index (Phi) is 3.41. The summed E-state index contributed by atoms with van der Waals surface area (Å²) in [6.45, 7) is 3.79. The van der Waals surface area contributed by atoms with Crippen LogP contribution in [-0.2, 0) is 6.42 Å². The molecule has 1 aliphatic heterocycles. The number of rotatable bonds is 3. The highest BCUT2D eigenvalue weighted by atomic mass is 16.5. The maximum atomic E-state index is 5.72. The highest BCUT2D eigenvalue weighted by molar-refractivity contribution is 5.75. The van der Waals surface area contributed by atoms with Gasteiger partial charge in [-0.2, -0.15) is 0 Å². The lowest BCUT2D eigenvalue weighted by molar-refractivity contribution is 0.341. The molecular weight excluding hydrogens is 234 g/mol. The molecule has 2 aromatic rings. The fourth-order valence-electron chi connectivity index (χ4n) is 2.61. The number of benzene rings is 2. The number of para-hydroxylation sites is 1. The first-order valence-electron chi connectivity index (χ1n) is 6.97. The summed E-state index contributed by atoms with van der Waals surface area (Å²) in [5.74, 6) is 0.959. The smallest absolute Gasteiger partial charge is 0.127 e. The Labute approximate surface area is 114 Å². The van der Waals surface area contributed by atoms with E-state index in [9.17, 15) is 0 Å². The molecule has 0 aliphatic carbocycles. The molecular formula is C17H19NO. The number of hydrogen-bond acceptors (Lipinski definition) is 2. The van der Waals surface area contributed by atoms with Gasteiger partial charge in [0.2, 0.25) is 0 Å². The van der Waals surface area contributed by atoms with Crippen LogP contribution >= 0.6 is 0 Å². The third-order valence-electron chi connectivity index (χ3n) is 3.55. The number of aryl methyl sites for hydroxylation is 1. The quantitative estimate of drug-likeness (QED) is 0.888. The monoisotopic (exact) mass is 253 g/mol. The molecule has 3 rings (SSSR count). The lowest BCUT2D eigenvalue weighted by Crippen LogP contribution is -2.11. The van der Waals surface area contributed by atoms with E-state index in [2.05, 4.69) is 35.6 Å². The van der Waals surface area contributed by atoms with Crippen LogP contribution in [0.1, 0.15) is 18.9 Å². The zero-order valence-electron chi connectivity index (χ0n) is 11.3. The molecule has 0 amide bonds. The maximum Gasteiger partial charge on any atom is 0.127 e. The summed E-state index contributed by atoms with van der Waals surface area (Å²) in [5.41, 5.74) is 5.08. The van der Waals surface area contributed by atoms with Crippen LogP contribution in [0.25, 0.3) is 11.1 Å². The molecule has 98 valence electrons. The van der Waals surface area contributed by atoms with Crippen molar-refractivity contribution in [3.05, 3.63) is 48.0 Å². The summed E-state index contributed by atoms with van der Waals surface area (Å²) in [6, 6.07) is 14.9. The zero-order chi connectivity index (χ0) is 13.1. The number of anilines is 1. The van der Waals surface area contributed by atoms with Crippen LogP contribution in [0.2, 0.25) is 0 Å². The van der Waals surface area contributed by atoms with Crippen LogP contribution in [0.3, 0.4) is 0 Å². The Morgan fingerprint density at radius 1 is 1.16 bits per heavy atom. The Morgan fingerprint density at radius 2 is 2.05 bits per heavy atom. The molecule has 2 aromatic carbocycles. The molecule has 2 nitrogen and oxygen atoms in total. The van der Waals surface area contributed by atoms with Crippen molar-refractivity contribution in [2.45, 2.75) is 19.8 Å². The molecule has 19 heavy (non-hydrogen) atoms. The number of hydrogen-bond donors (Lipinski definition) is 1. The van der Waals surface area contributed by atoms with Gasteiger partial charge in [-0.05, 0) is 43.0 Å². The van der Waals surface area contributed by atoms with Gasteiger partial charge in [0.1, 0.15) is 5.75 Å². The number of ether oxygens (including phenoxy) is 1. The van der Waals surface area contributed by atoms with Crippen molar-refractivity contribution >= 4 is 5.69 Å². The van der Waals surface area contributed by atoms with Crippen LogP contribution < -0.4 is 10.1 Å². The van der Waals surface area contributed by atoms with E-state index < -0.39 is 0 Å². The molecule has 2 heteroatoms. The average molecular weight is 253 g/mol. The zero-order valence-corrected chi connectivity index (χ0v) is 11.3. The molecule has 0 saturated heterocycles. The Balaban J connectivity index is 2.02. The molecule has 0 spiro atoms. The van der Waals surface area contributed by atoms with Gasteiger partial charge < -0.3 is 10.1 Å². The van der Waals surface area contributed by atoms with E-state index >= 15 is 0 Å². The van der Waals surface area contributed by atoms with E-state index in [1.807, 2.05) is 19.1 Å². The second-order valence-corrected chi connectivity index (χ2v) is 4.83. The van der Waals surface area contributed by atoms with Gasteiger partial charge in [-0.15, -0.1) is 0 Å². The Morgan fingerprint density at radius 3 is 2.95 bits per heavy atom. The van der Waals surface area contributed by atoms with Crippen LogP contribution in [0.4, 0.5) is 5.69 Å². The maximum absolute atomic E-state index is 5.72. The molecule has 0 fully saturated rings. The van der Waals surface area contributed by atoms with Crippen molar-refractivity contribution < 1.29 is 4.74 Å². The van der Waals surface area contributed by atoms with Gasteiger partial charge in [-0.25, -0.2) is 0 Å². The van der Waals surface area contributed by atoms with Crippen molar-refractivity contribution in [2.24, 2.45) is 0 Å². The number of nitrogens with one attached hydrogen (secondary N) is 1. The van der Waals surface area contributed by atoms with E-state index in [4.69, 9.17) is 4.74 Å². The van der Waals surface area contributed by atoms with Gasteiger partial charge in [-0.3, -0.25) is 0 Å². The highest BCUT2D eigenvalue weighted by Gasteiger charge is 2.11. The first-order chi connectivity index (χ1) is 9.38. The third-order valence-corrected chi connectivity index (χ3v) is 3.55. The Bertz CT molecular complexity index is 577. The first-order valence-corrected chi connectivity index (χ1v) is 6.97. The molecule has 0 atom stereocenters. The normalized spacial score (nSPS) is 13.5. The summed E-state index contributed by atoms with van der Waals surface area (Å²) in [4.78, 5) is 0. The average Bonchev–Trinajstić information content (AvgIpc) is 2.48. The van der Waals surface area contributed by atoms with Crippen molar-refractivity contribution in [2.75, 3.05) is 18.5 Å². The van der Waals surface area contributed by atoms with Crippen LogP contribution in [0.15, 0.2) is 42.5 Å². The lowest BCUT2D eigenvalue weighted by atomic mass is 9.97. The van der Waals surface area contributed by atoms with Gasteiger partial charge in [-0.1, -0.05) is 30.3 Å². The fourth-order valence-corrected chi connectivity index (χ4v) is 2.61. The van der Waals surface area contributed by atoms with Crippen molar-refractivity contribution in [3.8, 4) is 16.9 Å². The number of fused-ring (bicyclic) bond motifs is 1. The minimum absolute atomic E-state index is 0.695. The SMILES string of the molecule is CCOc1ccccc1-c1ccc2c(c1)NCCC2. The fraction of sp³-hybridized carbons (Fsp3) is 0.294. The van der Waals surface area contributed by atoms with E-state index in [0.717, 1.165) is 12.3 Å². The van der Waals surface area contributed by atoms with Crippen molar-refractivity contribution in [3.63, 3.8) is 0 Å². The largest absolute Gasteiger partial charge is 0.493 e. The topological polar surface area (TPSA) is 21.3 Å². The van der Waals surface area contributed by atoms with E-state index in [0.29, 0.717) is 6.61 Å². The first kappa shape index (κ1) is 12.1. The van der Waals surface area contributed by atoms with Gasteiger partial charge in [0.05, 0.1) is 6.61 Å². The Hall–Kier alpha value is -1.96. The molecule has 1 heterocycles. The summed E-state index contributed by atoms with van der Waals surface area (Å²) >= 11 is 0. The van der Waals surface area contributed by atoms with Crippen LogP contribution in [-0.4, -0.2) is 13.2 Å². The summed E-state index contributed by atoms with van der Waals surface area (Å²) in [6.07, 6.45) is 2.40. The van der Waals surface area contributed by atoms with E-state index in [1.54, 1.807) is 0 Å². The lowest BCUT2D eigenvalue weighted by Gasteiger charge is -2.19. The van der Waals surface area contributed by atoms with Gasteiger partial charge >= 0.3 is 0 Å². The third kappa shape index (κ3) is 2.43. The second kappa shape index (κ2) is 5.35. The molecule has 0 bridgehead atoms. The molecule has 0 radical (unpaired) electrons. The molecule has 1 N–H and O–H groups in total. The van der Waals surface area contributed by atoms with Crippen LogP contribution in [0.5, 0.6) is 5.75 Å². The van der Waals surface area contributed by atoms with Crippen molar-refractivity contribution in [1.82, 2.24) is 0 Å². The van der Waals surface area contributed by atoms with Crippen LogP contribution in [0, 0.1) is 0 Å². The van der Waals surface area contributed by atoms with E-state index in [1.165, 1.54) is 35.2 Å². The molecule has 0 saturated carbocycles. The predicted molar refractivity (Wildman–Crippen MR) is 79.9 cm³/mol. The summed E-state index contributed by atoms with van der Waals surface area (Å²) < 4.78 is 5.72. The highest BCUT2D eigenvalue weighted by Crippen LogP contribution is 2.33. The molecule has 1 aliphatic rings. The van der Waals surface area contributed by atoms with Gasteiger partial charge in [0.15, 0.2) is 0 Å². The molecule has 0 unspecified atom stereocenters.